The zero-order valence-corrected chi connectivity index (χ0v) is 13.5. The summed E-state index contributed by atoms with van der Waals surface area (Å²) in [7, 11) is -3.18. The van der Waals surface area contributed by atoms with E-state index >= 15 is 0 Å². The molecule has 0 spiro atoms. The molecule has 1 aliphatic rings. The fourth-order valence-corrected chi connectivity index (χ4v) is 4.02. The number of H-pyrrole nitrogens is 1. The van der Waals surface area contributed by atoms with E-state index in [0.29, 0.717) is 30.2 Å². The van der Waals surface area contributed by atoms with Gasteiger partial charge in [-0.2, -0.15) is 4.31 Å². The summed E-state index contributed by atoms with van der Waals surface area (Å²) in [5, 5.41) is 3.26. The van der Waals surface area contributed by atoms with Gasteiger partial charge in [-0.05, 0) is 25.3 Å². The molecule has 2 heterocycles. The van der Waals surface area contributed by atoms with Gasteiger partial charge >= 0.3 is 0 Å². The quantitative estimate of drug-likeness (QED) is 0.858. The summed E-state index contributed by atoms with van der Waals surface area (Å²) in [6, 6.07) is 1.53. The smallest absolute Gasteiger partial charge is 0.267 e. The van der Waals surface area contributed by atoms with Gasteiger partial charge in [0.2, 0.25) is 10.0 Å². The Bertz CT molecular complexity index is 600. The first kappa shape index (κ1) is 16.3. The Labute approximate surface area is 129 Å². The van der Waals surface area contributed by atoms with E-state index in [4.69, 9.17) is 11.6 Å². The van der Waals surface area contributed by atoms with Crippen LogP contribution in [0, 0.1) is 0 Å². The molecule has 1 aromatic heterocycles. The van der Waals surface area contributed by atoms with Crippen LogP contribution in [0.2, 0.25) is 5.02 Å². The Kier molecular flexibility index (Phi) is 5.29. The Balaban J connectivity index is 1.85. The second kappa shape index (κ2) is 6.81. The van der Waals surface area contributed by atoms with Gasteiger partial charge in [0, 0.05) is 25.3 Å². The van der Waals surface area contributed by atoms with Crippen molar-refractivity contribution in [3.8, 4) is 0 Å². The highest BCUT2D eigenvalue weighted by Gasteiger charge is 2.28. The topological polar surface area (TPSA) is 82.3 Å². The van der Waals surface area contributed by atoms with Gasteiger partial charge in [0.05, 0.1) is 11.3 Å². The fraction of sp³-hybridized carbons (Fsp3) is 0.615. The summed E-state index contributed by atoms with van der Waals surface area (Å²) in [4.78, 5) is 14.6. The van der Waals surface area contributed by atoms with Gasteiger partial charge in [-0.25, -0.2) is 8.42 Å². The molecule has 0 bridgehead atoms. The molecule has 1 fully saturated rings. The third-order valence-electron chi connectivity index (χ3n) is 3.65. The third-order valence-corrected chi connectivity index (χ3v) is 5.21. The SMILES string of the molecule is CS(=O)(=O)N1CCCCC1CCNC(=O)c1cc(Cl)c[nH]1. The van der Waals surface area contributed by atoms with Gasteiger partial charge in [0.15, 0.2) is 0 Å². The van der Waals surface area contributed by atoms with Crippen LogP contribution in [-0.4, -0.2) is 49.0 Å². The molecule has 2 rings (SSSR count). The first-order chi connectivity index (χ1) is 9.88. The average Bonchev–Trinajstić information content (AvgIpc) is 2.85. The molecular formula is C13H20ClN3O3S. The highest BCUT2D eigenvalue weighted by Crippen LogP contribution is 2.21. The Morgan fingerprint density at radius 1 is 1.52 bits per heavy atom. The highest BCUT2D eigenvalue weighted by molar-refractivity contribution is 7.88. The van der Waals surface area contributed by atoms with Crippen LogP contribution in [0.15, 0.2) is 12.3 Å². The lowest BCUT2D eigenvalue weighted by molar-refractivity contribution is 0.0945. The van der Waals surface area contributed by atoms with Crippen LogP contribution in [0.25, 0.3) is 0 Å². The number of halogens is 1. The van der Waals surface area contributed by atoms with Crippen LogP contribution in [0.5, 0.6) is 0 Å². The predicted octanol–water partition coefficient (Wildman–Crippen LogP) is 1.60. The number of hydrogen-bond donors (Lipinski definition) is 2. The van der Waals surface area contributed by atoms with E-state index in [0.717, 1.165) is 19.3 Å². The number of carbonyl (C=O) groups is 1. The lowest BCUT2D eigenvalue weighted by Crippen LogP contribution is -2.44. The molecule has 1 amide bonds. The fourth-order valence-electron chi connectivity index (χ4n) is 2.65. The number of sulfonamides is 1. The van der Waals surface area contributed by atoms with Crippen LogP contribution in [-0.2, 0) is 10.0 Å². The summed E-state index contributed by atoms with van der Waals surface area (Å²) in [6.45, 7) is 1.01. The summed E-state index contributed by atoms with van der Waals surface area (Å²) in [5.74, 6) is -0.233. The van der Waals surface area contributed by atoms with Crippen LogP contribution >= 0.6 is 11.6 Å². The van der Waals surface area contributed by atoms with Gasteiger partial charge in [0.1, 0.15) is 5.69 Å². The molecule has 1 unspecified atom stereocenters. The number of rotatable bonds is 5. The first-order valence-electron chi connectivity index (χ1n) is 6.97. The van der Waals surface area contributed by atoms with E-state index in [1.807, 2.05) is 0 Å². The Morgan fingerprint density at radius 3 is 2.90 bits per heavy atom. The predicted molar refractivity (Wildman–Crippen MR) is 81.9 cm³/mol. The number of piperidine rings is 1. The van der Waals surface area contributed by atoms with Gasteiger partial charge in [0.25, 0.3) is 5.91 Å². The molecule has 0 radical (unpaired) electrons. The number of amides is 1. The van der Waals surface area contributed by atoms with Crippen molar-refractivity contribution in [3.63, 3.8) is 0 Å². The van der Waals surface area contributed by atoms with Gasteiger partial charge < -0.3 is 10.3 Å². The zero-order chi connectivity index (χ0) is 15.5. The minimum absolute atomic E-state index is 0.0266. The second-order valence-electron chi connectivity index (χ2n) is 5.30. The van der Waals surface area contributed by atoms with Crippen LogP contribution in [0.3, 0.4) is 0 Å². The first-order valence-corrected chi connectivity index (χ1v) is 9.19. The number of nitrogens with zero attached hydrogens (tertiary/aromatic N) is 1. The Morgan fingerprint density at radius 2 is 2.29 bits per heavy atom. The largest absolute Gasteiger partial charge is 0.356 e. The molecule has 2 N–H and O–H groups in total. The monoisotopic (exact) mass is 333 g/mol. The normalized spacial score (nSPS) is 20.4. The third kappa shape index (κ3) is 4.46. The number of nitrogens with one attached hydrogen (secondary N) is 2. The highest BCUT2D eigenvalue weighted by atomic mass is 35.5. The van der Waals surface area contributed by atoms with E-state index in [9.17, 15) is 13.2 Å². The number of aromatic amines is 1. The van der Waals surface area contributed by atoms with Crippen molar-refractivity contribution in [2.24, 2.45) is 0 Å². The molecule has 0 aliphatic carbocycles. The summed E-state index contributed by atoms with van der Waals surface area (Å²) < 4.78 is 25.0. The molecule has 21 heavy (non-hydrogen) atoms. The van der Waals surface area contributed by atoms with Crippen molar-refractivity contribution < 1.29 is 13.2 Å². The Hall–Kier alpha value is -1.05. The number of hydrogen-bond acceptors (Lipinski definition) is 3. The van der Waals surface area contributed by atoms with Crippen molar-refractivity contribution >= 4 is 27.5 Å². The van der Waals surface area contributed by atoms with Gasteiger partial charge in [-0.3, -0.25) is 4.79 Å². The summed E-state index contributed by atoms with van der Waals surface area (Å²) >= 11 is 5.74. The van der Waals surface area contributed by atoms with Gasteiger partial charge in [-0.15, -0.1) is 0 Å². The number of aromatic nitrogens is 1. The van der Waals surface area contributed by atoms with E-state index in [1.165, 1.54) is 6.26 Å². The van der Waals surface area contributed by atoms with Gasteiger partial charge in [-0.1, -0.05) is 18.0 Å². The van der Waals surface area contributed by atoms with Crippen molar-refractivity contribution in [2.75, 3.05) is 19.3 Å². The van der Waals surface area contributed by atoms with E-state index in [1.54, 1.807) is 16.6 Å². The van der Waals surface area contributed by atoms with Crippen molar-refractivity contribution in [1.29, 1.82) is 0 Å². The molecular weight excluding hydrogens is 314 g/mol. The molecule has 8 heteroatoms. The van der Waals surface area contributed by atoms with Crippen LogP contribution in [0.4, 0.5) is 0 Å². The summed E-state index contributed by atoms with van der Waals surface area (Å²) in [5.41, 5.74) is 0.406. The lowest BCUT2D eigenvalue weighted by Gasteiger charge is -2.33. The molecule has 0 aromatic carbocycles. The second-order valence-corrected chi connectivity index (χ2v) is 7.67. The molecule has 6 nitrogen and oxygen atoms in total. The molecule has 118 valence electrons. The maximum atomic E-state index is 11.8. The molecule has 1 aliphatic heterocycles. The van der Waals surface area contributed by atoms with E-state index in [-0.39, 0.29) is 11.9 Å². The van der Waals surface area contributed by atoms with Crippen molar-refractivity contribution in [2.45, 2.75) is 31.7 Å². The molecule has 1 atom stereocenters. The van der Waals surface area contributed by atoms with E-state index in [2.05, 4.69) is 10.3 Å². The average molecular weight is 334 g/mol. The minimum atomic E-state index is -3.18. The lowest BCUT2D eigenvalue weighted by atomic mass is 10.0. The molecule has 1 saturated heterocycles. The number of carbonyl (C=O) groups excluding carboxylic acids is 1. The van der Waals surface area contributed by atoms with Crippen molar-refractivity contribution in [1.82, 2.24) is 14.6 Å². The minimum Gasteiger partial charge on any atom is -0.356 e. The van der Waals surface area contributed by atoms with Crippen LogP contribution < -0.4 is 5.32 Å². The van der Waals surface area contributed by atoms with Crippen LogP contribution in [0.1, 0.15) is 36.2 Å². The maximum Gasteiger partial charge on any atom is 0.267 e. The maximum absolute atomic E-state index is 11.8. The molecule has 0 saturated carbocycles. The molecule has 1 aromatic rings. The van der Waals surface area contributed by atoms with Crippen molar-refractivity contribution in [3.05, 3.63) is 23.0 Å². The summed E-state index contributed by atoms with van der Waals surface area (Å²) in [6.07, 6.45) is 6.17. The van der Waals surface area contributed by atoms with E-state index < -0.39 is 10.0 Å². The standard InChI is InChI=1S/C13H20ClN3O3S/c1-21(19,20)17-7-3-2-4-11(17)5-6-15-13(18)12-8-10(14)9-16-12/h8-9,11,16H,2-7H2,1H3,(H,15,18). The zero-order valence-electron chi connectivity index (χ0n) is 11.9.